The van der Waals surface area contributed by atoms with Crippen LogP contribution in [0.4, 0.5) is 0 Å². The Hall–Kier alpha value is 0.0600. The van der Waals surface area contributed by atoms with Crippen LogP contribution in [0, 0.1) is 3.57 Å². The average molecular weight is 368 g/mol. The van der Waals surface area contributed by atoms with Crippen LogP contribution in [0.1, 0.15) is 32.3 Å². The molecule has 96 valence electrons. The second-order valence-electron chi connectivity index (χ2n) is 3.82. The number of aryl methyl sites for hydroxylation is 1. The highest BCUT2D eigenvalue weighted by atomic mass is 127. The Morgan fingerprint density at radius 1 is 1.18 bits per heavy atom. The lowest BCUT2D eigenvalue weighted by Gasteiger charge is -2.17. The minimum atomic E-state index is 0.590. The van der Waals surface area contributed by atoms with E-state index in [0.29, 0.717) is 5.15 Å². The van der Waals surface area contributed by atoms with Crippen molar-refractivity contribution < 1.29 is 0 Å². The molecule has 0 saturated heterocycles. The summed E-state index contributed by atoms with van der Waals surface area (Å²) < 4.78 is 0.985. The van der Waals surface area contributed by atoms with Crippen LogP contribution in [0.3, 0.4) is 0 Å². The molecule has 0 bridgehead atoms. The van der Waals surface area contributed by atoms with Crippen LogP contribution in [0.2, 0.25) is 5.15 Å². The lowest BCUT2D eigenvalue weighted by molar-refractivity contribution is 0.305. The SMILES string of the molecule is CCc1nc(CCN(CC)CC)nc(Cl)c1I. The Morgan fingerprint density at radius 3 is 2.35 bits per heavy atom. The number of halogens is 2. The van der Waals surface area contributed by atoms with Crippen molar-refractivity contribution in [2.24, 2.45) is 0 Å². The van der Waals surface area contributed by atoms with Gasteiger partial charge in [0.25, 0.3) is 0 Å². The molecule has 0 unspecified atom stereocenters. The first-order valence-electron chi connectivity index (χ1n) is 6.05. The molecule has 17 heavy (non-hydrogen) atoms. The molecule has 1 aromatic heterocycles. The highest BCUT2D eigenvalue weighted by Crippen LogP contribution is 2.19. The predicted octanol–water partition coefficient (Wildman–Crippen LogP) is 3.18. The van der Waals surface area contributed by atoms with Crippen LogP contribution >= 0.6 is 34.2 Å². The summed E-state index contributed by atoms with van der Waals surface area (Å²) in [5.41, 5.74) is 1.06. The van der Waals surface area contributed by atoms with E-state index >= 15 is 0 Å². The summed E-state index contributed by atoms with van der Waals surface area (Å²) in [5, 5.41) is 0.590. The topological polar surface area (TPSA) is 29.0 Å². The van der Waals surface area contributed by atoms with Crippen LogP contribution in [-0.2, 0) is 12.8 Å². The first-order valence-corrected chi connectivity index (χ1v) is 7.51. The summed E-state index contributed by atoms with van der Waals surface area (Å²) in [6.07, 6.45) is 1.77. The Labute approximate surface area is 122 Å². The first-order chi connectivity index (χ1) is 8.12. The van der Waals surface area contributed by atoms with Crippen LogP contribution in [0.5, 0.6) is 0 Å². The van der Waals surface area contributed by atoms with Gasteiger partial charge >= 0.3 is 0 Å². The van der Waals surface area contributed by atoms with Gasteiger partial charge in [0.2, 0.25) is 0 Å². The van der Waals surface area contributed by atoms with Gasteiger partial charge in [-0.3, -0.25) is 0 Å². The molecule has 0 N–H and O–H groups in total. The Bertz CT molecular complexity index is 367. The molecule has 3 nitrogen and oxygen atoms in total. The molecule has 0 radical (unpaired) electrons. The molecule has 1 aromatic rings. The highest BCUT2D eigenvalue weighted by Gasteiger charge is 2.10. The second-order valence-corrected chi connectivity index (χ2v) is 5.26. The maximum atomic E-state index is 6.11. The van der Waals surface area contributed by atoms with Crippen molar-refractivity contribution in [2.75, 3.05) is 19.6 Å². The minimum Gasteiger partial charge on any atom is -0.303 e. The van der Waals surface area contributed by atoms with Crippen molar-refractivity contribution in [3.8, 4) is 0 Å². The zero-order valence-corrected chi connectivity index (χ0v) is 13.5. The molecule has 0 aliphatic rings. The van der Waals surface area contributed by atoms with E-state index in [4.69, 9.17) is 11.6 Å². The molecule has 1 rings (SSSR count). The van der Waals surface area contributed by atoms with Crippen molar-refractivity contribution >= 4 is 34.2 Å². The Balaban J connectivity index is 2.75. The molecule has 0 aliphatic carbocycles. The van der Waals surface area contributed by atoms with Gasteiger partial charge in [-0.25, -0.2) is 9.97 Å². The van der Waals surface area contributed by atoms with Crippen molar-refractivity contribution in [1.29, 1.82) is 0 Å². The molecule has 0 spiro atoms. The summed E-state index contributed by atoms with van der Waals surface area (Å²) >= 11 is 8.32. The third-order valence-corrected chi connectivity index (χ3v) is 4.53. The van der Waals surface area contributed by atoms with Gasteiger partial charge in [-0.2, -0.15) is 0 Å². The lowest BCUT2D eigenvalue weighted by Crippen LogP contribution is -2.26. The number of nitrogens with zero attached hydrogens (tertiary/aromatic N) is 3. The second kappa shape index (κ2) is 7.48. The minimum absolute atomic E-state index is 0.590. The van der Waals surface area contributed by atoms with Gasteiger partial charge in [0.15, 0.2) is 0 Å². The van der Waals surface area contributed by atoms with Crippen LogP contribution in [0.25, 0.3) is 0 Å². The third kappa shape index (κ3) is 4.34. The van der Waals surface area contributed by atoms with Gasteiger partial charge in [-0.1, -0.05) is 32.4 Å². The standard InChI is InChI=1S/C12H19ClIN3/c1-4-9-11(14)12(13)16-10(15-9)7-8-17(5-2)6-3/h4-8H2,1-3H3. The quantitative estimate of drug-likeness (QED) is 0.571. The molecule has 5 heteroatoms. The fraction of sp³-hybridized carbons (Fsp3) is 0.667. The number of aromatic nitrogens is 2. The Kier molecular flexibility index (Phi) is 6.66. The molecular weight excluding hydrogens is 349 g/mol. The van der Waals surface area contributed by atoms with Crippen LogP contribution in [-0.4, -0.2) is 34.5 Å². The van der Waals surface area contributed by atoms with Gasteiger partial charge in [0.05, 0.1) is 9.26 Å². The zero-order valence-electron chi connectivity index (χ0n) is 10.6. The van der Waals surface area contributed by atoms with E-state index in [2.05, 4.69) is 58.2 Å². The van der Waals surface area contributed by atoms with Gasteiger partial charge < -0.3 is 4.90 Å². The van der Waals surface area contributed by atoms with Crippen LogP contribution < -0.4 is 0 Å². The molecule has 0 fully saturated rings. The normalized spacial score (nSPS) is 11.2. The average Bonchev–Trinajstić information content (AvgIpc) is 2.34. The van der Waals surface area contributed by atoms with Gasteiger partial charge in [0, 0.05) is 13.0 Å². The van der Waals surface area contributed by atoms with Crippen molar-refractivity contribution in [2.45, 2.75) is 33.6 Å². The highest BCUT2D eigenvalue weighted by molar-refractivity contribution is 14.1. The summed E-state index contributed by atoms with van der Waals surface area (Å²) in [4.78, 5) is 11.3. The molecule has 0 atom stereocenters. The van der Waals surface area contributed by atoms with Crippen molar-refractivity contribution in [3.05, 3.63) is 20.2 Å². The number of hydrogen-bond donors (Lipinski definition) is 0. The van der Waals surface area contributed by atoms with E-state index in [9.17, 15) is 0 Å². The van der Waals surface area contributed by atoms with E-state index in [-0.39, 0.29) is 0 Å². The largest absolute Gasteiger partial charge is 0.303 e. The molecule has 0 amide bonds. The maximum absolute atomic E-state index is 6.11. The summed E-state index contributed by atoms with van der Waals surface area (Å²) in [6.45, 7) is 9.55. The first kappa shape index (κ1) is 15.1. The van der Waals surface area contributed by atoms with Crippen molar-refractivity contribution in [3.63, 3.8) is 0 Å². The van der Waals surface area contributed by atoms with Gasteiger partial charge in [-0.05, 0) is 42.1 Å². The fourth-order valence-corrected chi connectivity index (χ4v) is 2.48. The summed E-state index contributed by atoms with van der Waals surface area (Å²) in [7, 11) is 0. The van der Waals surface area contributed by atoms with E-state index in [1.54, 1.807) is 0 Å². The van der Waals surface area contributed by atoms with Crippen molar-refractivity contribution in [1.82, 2.24) is 14.9 Å². The van der Waals surface area contributed by atoms with E-state index in [0.717, 1.165) is 47.6 Å². The summed E-state index contributed by atoms with van der Waals surface area (Å²) in [5.74, 6) is 0.860. The maximum Gasteiger partial charge on any atom is 0.146 e. The number of likely N-dealkylation sites (N-methyl/N-ethyl adjacent to an activating group) is 1. The van der Waals surface area contributed by atoms with Gasteiger partial charge in [-0.15, -0.1) is 0 Å². The monoisotopic (exact) mass is 367 g/mol. The lowest BCUT2D eigenvalue weighted by atomic mass is 10.3. The third-order valence-electron chi connectivity index (χ3n) is 2.81. The molecule has 0 saturated carbocycles. The fourth-order valence-electron chi connectivity index (χ4n) is 1.66. The zero-order chi connectivity index (χ0) is 12.8. The smallest absolute Gasteiger partial charge is 0.146 e. The van der Waals surface area contributed by atoms with Gasteiger partial charge in [0.1, 0.15) is 11.0 Å². The molecule has 1 heterocycles. The van der Waals surface area contributed by atoms with Crippen LogP contribution in [0.15, 0.2) is 0 Å². The van der Waals surface area contributed by atoms with E-state index in [1.165, 1.54) is 0 Å². The predicted molar refractivity (Wildman–Crippen MR) is 80.6 cm³/mol. The number of rotatable bonds is 6. The Morgan fingerprint density at radius 2 is 1.82 bits per heavy atom. The number of hydrogen-bond acceptors (Lipinski definition) is 3. The van der Waals surface area contributed by atoms with E-state index in [1.807, 2.05) is 0 Å². The van der Waals surface area contributed by atoms with E-state index < -0.39 is 0 Å². The molecular formula is C12H19ClIN3. The molecule has 0 aromatic carbocycles. The summed E-state index contributed by atoms with van der Waals surface area (Å²) in [6, 6.07) is 0. The molecule has 0 aliphatic heterocycles.